The molecule has 0 spiro atoms. The second-order valence-corrected chi connectivity index (χ2v) is 5.04. The van der Waals surface area contributed by atoms with Gasteiger partial charge in [0.25, 0.3) is 0 Å². The molecule has 1 N–H and O–H groups in total. The largest absolute Gasteiger partial charge is 0.340 e. The van der Waals surface area contributed by atoms with Crippen molar-refractivity contribution >= 4 is 5.91 Å². The molecule has 1 fully saturated rings. The van der Waals surface area contributed by atoms with Crippen molar-refractivity contribution in [3.8, 4) is 0 Å². The molecule has 1 aliphatic heterocycles. The Morgan fingerprint density at radius 2 is 2.18 bits per heavy atom. The first-order chi connectivity index (χ1) is 8.15. The van der Waals surface area contributed by atoms with Crippen LogP contribution >= 0.6 is 0 Å². The SMILES string of the molecule is CCCC(C)N(C)CC(=O)N1CCCNCC1. The van der Waals surface area contributed by atoms with Gasteiger partial charge >= 0.3 is 0 Å². The standard InChI is InChI=1S/C13H27N3O/c1-4-6-12(2)15(3)11-13(17)16-9-5-7-14-8-10-16/h12,14H,4-11H2,1-3H3. The van der Waals surface area contributed by atoms with E-state index in [0.717, 1.165) is 39.0 Å². The third-order valence-corrected chi connectivity index (χ3v) is 3.54. The predicted octanol–water partition coefficient (Wildman–Crippen LogP) is 0.929. The maximum atomic E-state index is 12.1. The van der Waals surface area contributed by atoms with E-state index in [1.165, 1.54) is 6.42 Å². The van der Waals surface area contributed by atoms with Gasteiger partial charge in [0.05, 0.1) is 6.54 Å². The first-order valence-electron chi connectivity index (χ1n) is 6.84. The Labute approximate surface area is 105 Å². The van der Waals surface area contributed by atoms with Crippen LogP contribution in [0.25, 0.3) is 0 Å². The average Bonchev–Trinajstić information content (AvgIpc) is 2.57. The summed E-state index contributed by atoms with van der Waals surface area (Å²) in [6.45, 7) is 8.66. The van der Waals surface area contributed by atoms with E-state index in [4.69, 9.17) is 0 Å². The summed E-state index contributed by atoms with van der Waals surface area (Å²) in [5.74, 6) is 0.277. The topological polar surface area (TPSA) is 35.6 Å². The Morgan fingerprint density at radius 1 is 1.41 bits per heavy atom. The van der Waals surface area contributed by atoms with E-state index in [0.29, 0.717) is 12.6 Å². The van der Waals surface area contributed by atoms with Crippen molar-refractivity contribution in [1.29, 1.82) is 0 Å². The lowest BCUT2D eigenvalue weighted by molar-refractivity contribution is -0.132. The Balaban J connectivity index is 2.36. The van der Waals surface area contributed by atoms with Crippen LogP contribution in [0, 0.1) is 0 Å². The van der Waals surface area contributed by atoms with E-state index < -0.39 is 0 Å². The average molecular weight is 241 g/mol. The van der Waals surface area contributed by atoms with Gasteiger partial charge in [0.15, 0.2) is 0 Å². The highest BCUT2D eigenvalue weighted by Gasteiger charge is 2.18. The molecule has 17 heavy (non-hydrogen) atoms. The molecule has 1 atom stereocenters. The minimum atomic E-state index is 0.277. The molecule has 1 unspecified atom stereocenters. The molecule has 0 saturated carbocycles. The van der Waals surface area contributed by atoms with Crippen LogP contribution in [0.1, 0.15) is 33.1 Å². The van der Waals surface area contributed by atoms with Crippen molar-refractivity contribution in [2.45, 2.75) is 39.2 Å². The molecule has 1 aliphatic rings. The summed E-state index contributed by atoms with van der Waals surface area (Å²) < 4.78 is 0. The van der Waals surface area contributed by atoms with Crippen molar-refractivity contribution in [3.05, 3.63) is 0 Å². The van der Waals surface area contributed by atoms with Crippen LogP contribution in [0.3, 0.4) is 0 Å². The van der Waals surface area contributed by atoms with Gasteiger partial charge in [0, 0.05) is 25.7 Å². The molecule has 1 amide bonds. The highest BCUT2D eigenvalue weighted by Crippen LogP contribution is 2.05. The highest BCUT2D eigenvalue weighted by molar-refractivity contribution is 5.78. The van der Waals surface area contributed by atoms with E-state index in [9.17, 15) is 4.79 Å². The lowest BCUT2D eigenvalue weighted by Crippen LogP contribution is -2.43. The number of amides is 1. The van der Waals surface area contributed by atoms with Crippen LogP contribution in [-0.2, 0) is 4.79 Å². The monoisotopic (exact) mass is 241 g/mol. The van der Waals surface area contributed by atoms with Crippen LogP contribution in [0.2, 0.25) is 0 Å². The quantitative estimate of drug-likeness (QED) is 0.778. The fourth-order valence-corrected chi connectivity index (χ4v) is 2.20. The molecule has 4 heteroatoms. The van der Waals surface area contributed by atoms with Crippen molar-refractivity contribution < 1.29 is 4.79 Å². The summed E-state index contributed by atoms with van der Waals surface area (Å²) in [4.78, 5) is 16.3. The summed E-state index contributed by atoms with van der Waals surface area (Å²) in [5, 5.41) is 3.32. The zero-order valence-corrected chi connectivity index (χ0v) is 11.5. The predicted molar refractivity (Wildman–Crippen MR) is 71.1 cm³/mol. The Morgan fingerprint density at radius 3 is 2.88 bits per heavy atom. The highest BCUT2D eigenvalue weighted by atomic mass is 16.2. The summed E-state index contributed by atoms with van der Waals surface area (Å²) in [6, 6.07) is 0.494. The molecule has 0 aromatic heterocycles. The fraction of sp³-hybridized carbons (Fsp3) is 0.923. The van der Waals surface area contributed by atoms with Gasteiger partial charge in [-0.15, -0.1) is 0 Å². The van der Waals surface area contributed by atoms with E-state index in [2.05, 4.69) is 24.1 Å². The van der Waals surface area contributed by atoms with E-state index in [1.807, 2.05) is 11.9 Å². The van der Waals surface area contributed by atoms with E-state index >= 15 is 0 Å². The minimum Gasteiger partial charge on any atom is -0.340 e. The maximum Gasteiger partial charge on any atom is 0.236 e. The van der Waals surface area contributed by atoms with Gasteiger partial charge in [0.1, 0.15) is 0 Å². The third kappa shape index (κ3) is 5.04. The molecule has 1 heterocycles. The summed E-state index contributed by atoms with van der Waals surface area (Å²) >= 11 is 0. The number of nitrogens with one attached hydrogen (secondary N) is 1. The van der Waals surface area contributed by atoms with Gasteiger partial charge < -0.3 is 10.2 Å². The lowest BCUT2D eigenvalue weighted by atomic mass is 10.2. The van der Waals surface area contributed by atoms with Crippen LogP contribution in [0.5, 0.6) is 0 Å². The number of rotatable bonds is 5. The lowest BCUT2D eigenvalue weighted by Gasteiger charge is -2.27. The molecule has 100 valence electrons. The smallest absolute Gasteiger partial charge is 0.236 e. The van der Waals surface area contributed by atoms with E-state index in [-0.39, 0.29) is 5.91 Å². The Hall–Kier alpha value is -0.610. The molecule has 0 bridgehead atoms. The maximum absolute atomic E-state index is 12.1. The van der Waals surface area contributed by atoms with Crippen LogP contribution in [0.4, 0.5) is 0 Å². The first-order valence-corrected chi connectivity index (χ1v) is 6.84. The number of nitrogens with zero attached hydrogens (tertiary/aromatic N) is 2. The number of carbonyl (C=O) groups is 1. The van der Waals surface area contributed by atoms with Gasteiger partial charge in [-0.3, -0.25) is 9.69 Å². The van der Waals surface area contributed by atoms with Gasteiger partial charge in [-0.2, -0.15) is 0 Å². The van der Waals surface area contributed by atoms with Crippen molar-refractivity contribution in [2.75, 3.05) is 39.8 Å². The van der Waals surface area contributed by atoms with Crippen LogP contribution in [0.15, 0.2) is 0 Å². The molecule has 0 aromatic rings. The first kappa shape index (κ1) is 14.5. The van der Waals surface area contributed by atoms with Crippen LogP contribution in [-0.4, -0.2) is 61.5 Å². The van der Waals surface area contributed by atoms with Crippen molar-refractivity contribution in [1.82, 2.24) is 15.1 Å². The normalized spacial score (nSPS) is 19.2. The zero-order valence-electron chi connectivity index (χ0n) is 11.5. The molecular formula is C13H27N3O. The van der Waals surface area contributed by atoms with Gasteiger partial charge in [-0.05, 0) is 33.4 Å². The van der Waals surface area contributed by atoms with Gasteiger partial charge in [-0.1, -0.05) is 13.3 Å². The number of hydrogen-bond donors (Lipinski definition) is 1. The fourth-order valence-electron chi connectivity index (χ4n) is 2.20. The minimum absolute atomic E-state index is 0.277. The number of carbonyl (C=O) groups excluding carboxylic acids is 1. The molecule has 0 aliphatic carbocycles. The molecule has 1 saturated heterocycles. The molecule has 1 rings (SSSR count). The van der Waals surface area contributed by atoms with Crippen LogP contribution < -0.4 is 5.32 Å². The third-order valence-electron chi connectivity index (χ3n) is 3.54. The van der Waals surface area contributed by atoms with Gasteiger partial charge in [0.2, 0.25) is 5.91 Å². The molecule has 4 nitrogen and oxygen atoms in total. The van der Waals surface area contributed by atoms with Crippen molar-refractivity contribution in [3.63, 3.8) is 0 Å². The van der Waals surface area contributed by atoms with E-state index in [1.54, 1.807) is 0 Å². The van der Waals surface area contributed by atoms with Gasteiger partial charge in [-0.25, -0.2) is 0 Å². The van der Waals surface area contributed by atoms with Crippen molar-refractivity contribution in [2.24, 2.45) is 0 Å². The Bertz CT molecular complexity index is 225. The Kier molecular flexibility index (Phi) is 6.52. The molecule has 0 aromatic carbocycles. The molecular weight excluding hydrogens is 214 g/mol. The molecule has 0 radical (unpaired) electrons. The number of likely N-dealkylation sites (N-methyl/N-ethyl adjacent to an activating group) is 1. The zero-order chi connectivity index (χ0) is 12.7. The second kappa shape index (κ2) is 7.67. The summed E-state index contributed by atoms with van der Waals surface area (Å²) in [7, 11) is 2.05. The second-order valence-electron chi connectivity index (χ2n) is 5.04. The summed E-state index contributed by atoms with van der Waals surface area (Å²) in [5.41, 5.74) is 0. The summed E-state index contributed by atoms with van der Waals surface area (Å²) in [6.07, 6.45) is 3.40. The number of hydrogen-bond acceptors (Lipinski definition) is 3.